The molecule has 0 saturated carbocycles. The summed E-state index contributed by atoms with van der Waals surface area (Å²) < 4.78 is 0. The lowest BCUT2D eigenvalue weighted by atomic mass is 10.1. The molecule has 5 nitrogen and oxygen atoms in total. The summed E-state index contributed by atoms with van der Waals surface area (Å²) in [6.07, 6.45) is 1.50. The van der Waals surface area contributed by atoms with E-state index >= 15 is 0 Å². The lowest BCUT2D eigenvalue weighted by Gasteiger charge is -2.20. The second kappa shape index (κ2) is 6.50. The molecule has 0 spiro atoms. The molecule has 0 radical (unpaired) electrons. The number of benzene rings is 1. The van der Waals surface area contributed by atoms with Crippen molar-refractivity contribution in [3.63, 3.8) is 0 Å². The molecule has 7 heteroatoms. The summed E-state index contributed by atoms with van der Waals surface area (Å²) in [4.78, 5) is 20.4. The zero-order valence-corrected chi connectivity index (χ0v) is 14.0. The van der Waals surface area contributed by atoms with E-state index in [1.807, 2.05) is 20.8 Å². The average molecular weight is 339 g/mol. The quantitative estimate of drug-likeness (QED) is 0.885. The van der Waals surface area contributed by atoms with Crippen LogP contribution in [0.3, 0.4) is 0 Å². The Morgan fingerprint density at radius 1 is 1.14 bits per heavy atom. The Kier molecular flexibility index (Phi) is 4.88. The molecule has 1 aromatic heterocycles. The fraction of sp³-hybridized carbons (Fsp3) is 0.267. The maximum absolute atomic E-state index is 12.1. The molecule has 0 aliphatic heterocycles. The van der Waals surface area contributed by atoms with Gasteiger partial charge in [-0.05, 0) is 39.0 Å². The Morgan fingerprint density at radius 2 is 1.77 bits per heavy atom. The van der Waals surface area contributed by atoms with Gasteiger partial charge in [-0.2, -0.15) is 0 Å². The van der Waals surface area contributed by atoms with Crippen molar-refractivity contribution in [2.45, 2.75) is 26.3 Å². The topological polar surface area (TPSA) is 66.9 Å². The molecule has 1 amide bonds. The molecule has 0 saturated heterocycles. The van der Waals surface area contributed by atoms with Crippen LogP contribution in [0.25, 0.3) is 0 Å². The van der Waals surface area contributed by atoms with E-state index in [1.54, 1.807) is 24.3 Å². The van der Waals surface area contributed by atoms with Gasteiger partial charge in [-0.1, -0.05) is 29.3 Å². The number of anilines is 2. The molecule has 0 aliphatic rings. The highest BCUT2D eigenvalue weighted by atomic mass is 35.5. The van der Waals surface area contributed by atoms with Crippen molar-refractivity contribution in [2.24, 2.45) is 0 Å². The normalized spacial score (nSPS) is 11.1. The second-order valence-electron chi connectivity index (χ2n) is 5.69. The van der Waals surface area contributed by atoms with E-state index in [-0.39, 0.29) is 23.1 Å². The predicted molar refractivity (Wildman–Crippen MR) is 89.0 cm³/mol. The molecule has 1 aromatic carbocycles. The van der Waals surface area contributed by atoms with Crippen molar-refractivity contribution in [1.82, 2.24) is 15.3 Å². The fourth-order valence-electron chi connectivity index (χ4n) is 1.68. The van der Waals surface area contributed by atoms with Gasteiger partial charge in [0.25, 0.3) is 5.91 Å². The van der Waals surface area contributed by atoms with Gasteiger partial charge in [0.05, 0.1) is 15.7 Å². The van der Waals surface area contributed by atoms with Crippen LogP contribution in [-0.2, 0) is 0 Å². The van der Waals surface area contributed by atoms with Gasteiger partial charge in [-0.3, -0.25) is 4.79 Å². The van der Waals surface area contributed by atoms with Gasteiger partial charge < -0.3 is 10.6 Å². The Balaban J connectivity index is 2.24. The van der Waals surface area contributed by atoms with Crippen LogP contribution in [0.5, 0.6) is 0 Å². The summed E-state index contributed by atoms with van der Waals surface area (Å²) in [5, 5.41) is 6.66. The molecule has 1 heterocycles. The smallest absolute Gasteiger partial charge is 0.270 e. The molecule has 116 valence electrons. The number of carbonyl (C=O) groups excluding carboxylic acids is 1. The minimum atomic E-state index is -0.346. The summed E-state index contributed by atoms with van der Waals surface area (Å²) >= 11 is 12.2. The number of nitrogens with one attached hydrogen (secondary N) is 2. The maximum Gasteiger partial charge on any atom is 0.270 e. The van der Waals surface area contributed by atoms with Gasteiger partial charge in [-0.15, -0.1) is 0 Å². The molecule has 0 atom stereocenters. The van der Waals surface area contributed by atoms with Crippen LogP contribution in [0.2, 0.25) is 10.0 Å². The van der Waals surface area contributed by atoms with Crippen molar-refractivity contribution in [3.8, 4) is 0 Å². The Labute approximate surface area is 139 Å². The first-order valence-corrected chi connectivity index (χ1v) is 7.38. The van der Waals surface area contributed by atoms with Crippen LogP contribution in [0.1, 0.15) is 31.3 Å². The van der Waals surface area contributed by atoms with Gasteiger partial charge >= 0.3 is 0 Å². The van der Waals surface area contributed by atoms with Crippen molar-refractivity contribution >= 4 is 40.7 Å². The minimum Gasteiger partial charge on any atom is -0.346 e. The first kappa shape index (κ1) is 16.5. The number of halogens is 2. The fourth-order valence-corrected chi connectivity index (χ4v) is 2.17. The monoisotopic (exact) mass is 338 g/mol. The minimum absolute atomic E-state index is 0.247. The predicted octanol–water partition coefficient (Wildman–Crippen LogP) is 4.06. The van der Waals surface area contributed by atoms with Crippen molar-refractivity contribution in [3.05, 3.63) is 46.2 Å². The standard InChI is InChI=1S/C15H16Cl2N4O/c1-15(2,3)21-13(22)11-7-8-18-14(19-11)20-12-9(16)5-4-6-10(12)17/h4-8H,1-3H3,(H,21,22)(H,18,19,20). The Hall–Kier alpha value is -1.85. The van der Waals surface area contributed by atoms with Gasteiger partial charge in [0, 0.05) is 11.7 Å². The van der Waals surface area contributed by atoms with E-state index in [4.69, 9.17) is 23.2 Å². The van der Waals surface area contributed by atoms with E-state index in [9.17, 15) is 4.79 Å². The van der Waals surface area contributed by atoms with Crippen LogP contribution in [0.15, 0.2) is 30.5 Å². The van der Waals surface area contributed by atoms with Crippen LogP contribution in [0, 0.1) is 0 Å². The summed E-state index contributed by atoms with van der Waals surface area (Å²) in [5.74, 6) is -0.0280. The lowest BCUT2D eigenvalue weighted by molar-refractivity contribution is 0.0914. The zero-order valence-electron chi connectivity index (χ0n) is 12.4. The molecular formula is C15H16Cl2N4O. The maximum atomic E-state index is 12.1. The van der Waals surface area contributed by atoms with E-state index in [0.29, 0.717) is 15.7 Å². The second-order valence-corrected chi connectivity index (χ2v) is 6.51. The molecule has 0 bridgehead atoms. The molecule has 0 unspecified atom stereocenters. The highest BCUT2D eigenvalue weighted by molar-refractivity contribution is 6.39. The van der Waals surface area contributed by atoms with Gasteiger partial charge in [-0.25, -0.2) is 9.97 Å². The van der Waals surface area contributed by atoms with Crippen LogP contribution in [-0.4, -0.2) is 21.4 Å². The molecule has 2 rings (SSSR count). The number of para-hydroxylation sites is 1. The highest BCUT2D eigenvalue weighted by Crippen LogP contribution is 2.31. The molecule has 2 N–H and O–H groups in total. The molecule has 0 fully saturated rings. The van der Waals surface area contributed by atoms with Gasteiger partial charge in [0.15, 0.2) is 0 Å². The number of amides is 1. The summed E-state index contributed by atoms with van der Waals surface area (Å²) in [5.41, 5.74) is 0.414. The Morgan fingerprint density at radius 3 is 2.36 bits per heavy atom. The number of hydrogen-bond acceptors (Lipinski definition) is 4. The summed E-state index contributed by atoms with van der Waals surface area (Å²) in [7, 11) is 0. The van der Waals surface area contributed by atoms with Crippen LogP contribution in [0.4, 0.5) is 11.6 Å². The summed E-state index contributed by atoms with van der Waals surface area (Å²) in [6.45, 7) is 5.69. The average Bonchev–Trinajstić information content (AvgIpc) is 2.41. The SMILES string of the molecule is CC(C)(C)NC(=O)c1ccnc(Nc2c(Cl)cccc2Cl)n1. The summed E-state index contributed by atoms with van der Waals surface area (Å²) in [6, 6.07) is 6.68. The van der Waals surface area contributed by atoms with Crippen molar-refractivity contribution in [1.29, 1.82) is 0 Å². The molecular weight excluding hydrogens is 323 g/mol. The van der Waals surface area contributed by atoms with Gasteiger partial charge in [0.2, 0.25) is 5.95 Å². The van der Waals surface area contributed by atoms with E-state index in [2.05, 4.69) is 20.6 Å². The van der Waals surface area contributed by atoms with E-state index < -0.39 is 0 Å². The Bertz CT molecular complexity index is 678. The van der Waals surface area contributed by atoms with Crippen molar-refractivity contribution in [2.75, 3.05) is 5.32 Å². The number of aromatic nitrogens is 2. The van der Waals surface area contributed by atoms with Crippen LogP contribution >= 0.6 is 23.2 Å². The lowest BCUT2D eigenvalue weighted by Crippen LogP contribution is -2.41. The van der Waals surface area contributed by atoms with Crippen LogP contribution < -0.4 is 10.6 Å². The number of hydrogen-bond donors (Lipinski definition) is 2. The molecule has 2 aromatic rings. The number of nitrogens with zero attached hydrogens (tertiary/aromatic N) is 2. The van der Waals surface area contributed by atoms with E-state index in [1.165, 1.54) is 6.20 Å². The molecule has 22 heavy (non-hydrogen) atoms. The van der Waals surface area contributed by atoms with E-state index in [0.717, 1.165) is 0 Å². The third-order valence-corrected chi connectivity index (χ3v) is 3.21. The van der Waals surface area contributed by atoms with Crippen molar-refractivity contribution < 1.29 is 4.79 Å². The number of carbonyl (C=O) groups is 1. The third-order valence-electron chi connectivity index (χ3n) is 2.58. The largest absolute Gasteiger partial charge is 0.346 e. The third kappa shape index (κ3) is 4.32. The zero-order chi connectivity index (χ0) is 16.3. The first-order valence-electron chi connectivity index (χ1n) is 6.63. The number of rotatable bonds is 3. The molecule has 0 aliphatic carbocycles. The highest BCUT2D eigenvalue weighted by Gasteiger charge is 2.17. The first-order chi connectivity index (χ1) is 10.3. The van der Waals surface area contributed by atoms with Gasteiger partial charge in [0.1, 0.15) is 5.69 Å².